The molecule has 1 aromatic heterocycles. The fraction of sp³-hybridized carbons (Fsp3) is 0.647. The van der Waals surface area contributed by atoms with Crippen molar-refractivity contribution in [3.63, 3.8) is 0 Å². The topological polar surface area (TPSA) is 91.1 Å². The van der Waals surface area contributed by atoms with Crippen LogP contribution in [0, 0.1) is 6.92 Å². The number of hydrogen-bond donors (Lipinski definition) is 3. The van der Waals surface area contributed by atoms with Gasteiger partial charge in [-0.05, 0) is 19.4 Å². The molecular weight excluding hydrogens is 322 g/mol. The number of aliphatic imine (C=N–C) groups is 1. The van der Waals surface area contributed by atoms with E-state index in [0.29, 0.717) is 12.3 Å². The zero-order valence-electron chi connectivity index (χ0n) is 15.1. The molecule has 0 aromatic carbocycles. The Kier molecular flexibility index (Phi) is 8.27. The van der Waals surface area contributed by atoms with E-state index in [1.165, 1.54) is 6.26 Å². The largest absolute Gasteiger partial charge is 0.459 e. The molecule has 3 N–H and O–H groups in total. The van der Waals surface area contributed by atoms with Crippen molar-refractivity contribution >= 4 is 11.9 Å². The quantitative estimate of drug-likeness (QED) is 0.352. The van der Waals surface area contributed by atoms with E-state index in [2.05, 4.69) is 25.8 Å². The van der Waals surface area contributed by atoms with Crippen molar-refractivity contribution in [1.29, 1.82) is 0 Å². The van der Waals surface area contributed by atoms with Crippen LogP contribution in [-0.2, 0) is 4.74 Å². The Morgan fingerprint density at radius 2 is 1.92 bits per heavy atom. The van der Waals surface area contributed by atoms with E-state index >= 15 is 0 Å². The van der Waals surface area contributed by atoms with Crippen LogP contribution in [0.2, 0.25) is 0 Å². The lowest BCUT2D eigenvalue weighted by Crippen LogP contribution is -2.44. The van der Waals surface area contributed by atoms with Crippen LogP contribution in [0.5, 0.6) is 0 Å². The Balaban J connectivity index is 1.53. The van der Waals surface area contributed by atoms with E-state index in [4.69, 9.17) is 9.15 Å². The Bertz CT molecular complexity index is 552. The summed E-state index contributed by atoms with van der Waals surface area (Å²) in [6.45, 7) is 8.59. The van der Waals surface area contributed by atoms with Gasteiger partial charge >= 0.3 is 0 Å². The summed E-state index contributed by atoms with van der Waals surface area (Å²) in [5.74, 6) is 0.991. The lowest BCUT2D eigenvalue weighted by atomic mass is 10.2. The van der Waals surface area contributed by atoms with Gasteiger partial charge in [-0.15, -0.1) is 0 Å². The highest BCUT2D eigenvalue weighted by Crippen LogP contribution is 2.07. The Morgan fingerprint density at radius 1 is 1.20 bits per heavy atom. The molecule has 1 aliphatic heterocycles. The number of furan rings is 1. The van der Waals surface area contributed by atoms with Crippen molar-refractivity contribution in [3.8, 4) is 0 Å². The van der Waals surface area contributed by atoms with Crippen LogP contribution in [0.1, 0.15) is 22.5 Å². The van der Waals surface area contributed by atoms with Crippen molar-refractivity contribution in [1.82, 2.24) is 20.9 Å². The van der Waals surface area contributed by atoms with Crippen LogP contribution in [-0.4, -0.2) is 76.3 Å². The van der Waals surface area contributed by atoms with Gasteiger partial charge in [0.25, 0.3) is 5.91 Å². The van der Waals surface area contributed by atoms with Crippen LogP contribution >= 0.6 is 0 Å². The predicted octanol–water partition coefficient (Wildman–Crippen LogP) is 0.205. The van der Waals surface area contributed by atoms with E-state index in [9.17, 15) is 4.79 Å². The molecule has 1 saturated heterocycles. The van der Waals surface area contributed by atoms with Crippen molar-refractivity contribution in [2.24, 2.45) is 4.99 Å². The zero-order chi connectivity index (χ0) is 17.9. The third kappa shape index (κ3) is 6.75. The Labute approximate surface area is 149 Å². The fourth-order valence-corrected chi connectivity index (χ4v) is 2.56. The second-order valence-corrected chi connectivity index (χ2v) is 5.92. The molecule has 0 aliphatic carbocycles. The molecule has 0 bridgehead atoms. The van der Waals surface area contributed by atoms with Gasteiger partial charge in [-0.1, -0.05) is 0 Å². The number of carbonyl (C=O) groups excluding carboxylic acids is 1. The third-order valence-electron chi connectivity index (χ3n) is 4.05. The zero-order valence-corrected chi connectivity index (χ0v) is 15.1. The number of hydrogen-bond acceptors (Lipinski definition) is 5. The minimum atomic E-state index is -0.171. The molecule has 0 spiro atoms. The summed E-state index contributed by atoms with van der Waals surface area (Å²) >= 11 is 0. The minimum Gasteiger partial charge on any atom is -0.459 e. The van der Waals surface area contributed by atoms with E-state index in [-0.39, 0.29) is 5.91 Å². The summed E-state index contributed by atoms with van der Waals surface area (Å²) in [7, 11) is 1.76. The summed E-state index contributed by atoms with van der Waals surface area (Å²) in [6, 6.07) is 1.78. The first-order chi connectivity index (χ1) is 12.2. The van der Waals surface area contributed by atoms with Gasteiger partial charge in [-0.25, -0.2) is 0 Å². The van der Waals surface area contributed by atoms with Gasteiger partial charge in [0.2, 0.25) is 0 Å². The lowest BCUT2D eigenvalue weighted by molar-refractivity contribution is 0.0389. The van der Waals surface area contributed by atoms with Crippen LogP contribution in [0.4, 0.5) is 0 Å². The van der Waals surface area contributed by atoms with Crippen LogP contribution < -0.4 is 16.0 Å². The van der Waals surface area contributed by atoms with Gasteiger partial charge in [0.1, 0.15) is 0 Å². The van der Waals surface area contributed by atoms with Crippen LogP contribution in [0.25, 0.3) is 0 Å². The monoisotopic (exact) mass is 351 g/mol. The standard InChI is InChI=1S/C17H29N5O3/c1-14-4-11-25-15(14)16(23)19-5-3-6-20-17(18-2)21-7-8-22-9-12-24-13-10-22/h4,11H,3,5-10,12-13H2,1-2H3,(H,19,23)(H2,18,20,21). The highest BCUT2D eigenvalue weighted by atomic mass is 16.5. The van der Waals surface area contributed by atoms with Gasteiger partial charge in [0.05, 0.1) is 19.5 Å². The van der Waals surface area contributed by atoms with Gasteiger partial charge in [0.15, 0.2) is 11.7 Å². The molecule has 2 heterocycles. The first-order valence-corrected chi connectivity index (χ1v) is 8.77. The van der Waals surface area contributed by atoms with Crippen LogP contribution in [0.3, 0.4) is 0 Å². The first-order valence-electron chi connectivity index (χ1n) is 8.77. The molecule has 0 radical (unpaired) electrons. The number of morpholine rings is 1. The number of rotatable bonds is 8. The number of guanidine groups is 1. The Hall–Kier alpha value is -2.06. The predicted molar refractivity (Wildman–Crippen MR) is 97.0 cm³/mol. The second-order valence-electron chi connectivity index (χ2n) is 5.92. The molecule has 25 heavy (non-hydrogen) atoms. The summed E-state index contributed by atoms with van der Waals surface area (Å²) in [5, 5.41) is 9.40. The molecule has 2 rings (SSSR count). The second kappa shape index (κ2) is 10.7. The number of amides is 1. The normalized spacial score (nSPS) is 15.8. The highest BCUT2D eigenvalue weighted by molar-refractivity contribution is 5.92. The number of nitrogens with zero attached hydrogens (tertiary/aromatic N) is 2. The SMILES string of the molecule is CN=C(NCCCNC(=O)c1occc1C)NCCN1CCOCC1. The smallest absolute Gasteiger partial charge is 0.287 e. The molecule has 1 aromatic rings. The summed E-state index contributed by atoms with van der Waals surface area (Å²) in [5.41, 5.74) is 0.848. The molecule has 1 aliphatic rings. The lowest BCUT2D eigenvalue weighted by Gasteiger charge is -2.26. The van der Waals surface area contributed by atoms with Crippen LogP contribution in [0.15, 0.2) is 21.7 Å². The number of ether oxygens (including phenoxy) is 1. The van der Waals surface area contributed by atoms with E-state index in [1.54, 1.807) is 13.1 Å². The van der Waals surface area contributed by atoms with Crippen molar-refractivity contribution in [3.05, 3.63) is 23.7 Å². The molecule has 0 atom stereocenters. The molecule has 1 amide bonds. The third-order valence-corrected chi connectivity index (χ3v) is 4.05. The van der Waals surface area contributed by atoms with Gasteiger partial charge in [0, 0.05) is 51.9 Å². The molecule has 0 saturated carbocycles. The highest BCUT2D eigenvalue weighted by Gasteiger charge is 2.11. The maximum absolute atomic E-state index is 11.9. The van der Waals surface area contributed by atoms with Gasteiger partial charge in [-0.3, -0.25) is 14.7 Å². The van der Waals surface area contributed by atoms with Crippen molar-refractivity contribution in [2.75, 3.05) is 59.5 Å². The van der Waals surface area contributed by atoms with E-state index in [0.717, 1.165) is 63.9 Å². The van der Waals surface area contributed by atoms with Gasteiger partial charge < -0.3 is 25.1 Å². The molecule has 1 fully saturated rings. The fourth-order valence-electron chi connectivity index (χ4n) is 2.56. The maximum Gasteiger partial charge on any atom is 0.287 e. The van der Waals surface area contributed by atoms with Crippen molar-refractivity contribution < 1.29 is 13.9 Å². The van der Waals surface area contributed by atoms with Crippen molar-refractivity contribution in [2.45, 2.75) is 13.3 Å². The number of nitrogens with one attached hydrogen (secondary N) is 3. The average Bonchev–Trinajstić information content (AvgIpc) is 3.06. The minimum absolute atomic E-state index is 0.171. The van der Waals surface area contributed by atoms with E-state index < -0.39 is 0 Å². The number of aryl methyl sites for hydroxylation is 1. The molecule has 0 unspecified atom stereocenters. The molecule has 8 heteroatoms. The average molecular weight is 351 g/mol. The summed E-state index contributed by atoms with van der Waals surface area (Å²) < 4.78 is 10.5. The molecule has 140 valence electrons. The number of carbonyl (C=O) groups is 1. The summed E-state index contributed by atoms with van der Waals surface area (Å²) in [6.07, 6.45) is 2.33. The maximum atomic E-state index is 11.9. The van der Waals surface area contributed by atoms with E-state index in [1.807, 2.05) is 6.92 Å². The Morgan fingerprint density at radius 3 is 2.60 bits per heavy atom. The van der Waals surface area contributed by atoms with Gasteiger partial charge in [-0.2, -0.15) is 0 Å². The summed E-state index contributed by atoms with van der Waals surface area (Å²) in [4.78, 5) is 18.5. The molecular formula is C17H29N5O3. The molecule has 8 nitrogen and oxygen atoms in total. The first kappa shape index (κ1) is 19.3.